The van der Waals surface area contributed by atoms with Crippen molar-refractivity contribution in [2.24, 2.45) is 5.73 Å². The molecule has 82 valence electrons. The molecule has 0 aliphatic carbocycles. The lowest BCUT2D eigenvalue weighted by atomic mass is 10.1. The van der Waals surface area contributed by atoms with E-state index in [2.05, 4.69) is 10.6 Å². The minimum Gasteiger partial charge on any atom is -0.341 e. The van der Waals surface area contributed by atoms with Crippen LogP contribution in [0.3, 0.4) is 0 Å². The monoisotopic (exact) mass is 207 g/mol. The fourth-order valence-electron chi connectivity index (χ4n) is 1.30. The molecule has 1 rings (SSSR count). The Morgan fingerprint density at radius 1 is 1.40 bits per heavy atom. The summed E-state index contributed by atoms with van der Waals surface area (Å²) in [6.07, 6.45) is 0.734. The molecule has 0 aliphatic rings. The van der Waals surface area contributed by atoms with E-state index in [-0.39, 0.29) is 12.1 Å². The smallest absolute Gasteiger partial charge is 0.314 e. The summed E-state index contributed by atoms with van der Waals surface area (Å²) in [4.78, 5) is 10.9. The minimum absolute atomic E-state index is 0.0247. The van der Waals surface area contributed by atoms with Crippen molar-refractivity contribution in [3.8, 4) is 0 Å². The van der Waals surface area contributed by atoms with Crippen molar-refractivity contribution in [2.75, 3.05) is 13.6 Å². The van der Waals surface area contributed by atoms with Crippen molar-refractivity contribution in [1.29, 1.82) is 0 Å². The van der Waals surface area contributed by atoms with Crippen molar-refractivity contribution in [2.45, 2.75) is 12.5 Å². The van der Waals surface area contributed by atoms with Crippen LogP contribution in [0.5, 0.6) is 0 Å². The highest BCUT2D eigenvalue weighted by Gasteiger charge is 2.05. The highest BCUT2D eigenvalue weighted by molar-refractivity contribution is 5.73. The highest BCUT2D eigenvalue weighted by atomic mass is 16.2. The Morgan fingerprint density at radius 3 is 2.67 bits per heavy atom. The topological polar surface area (TPSA) is 67.2 Å². The van der Waals surface area contributed by atoms with Crippen LogP contribution in [0.1, 0.15) is 18.0 Å². The first-order valence-electron chi connectivity index (χ1n) is 5.00. The van der Waals surface area contributed by atoms with Gasteiger partial charge in [-0.05, 0) is 12.0 Å². The Bertz CT molecular complexity index is 300. The number of benzene rings is 1. The highest BCUT2D eigenvalue weighted by Crippen LogP contribution is 2.11. The third-order valence-corrected chi connectivity index (χ3v) is 2.20. The van der Waals surface area contributed by atoms with E-state index in [0.717, 1.165) is 12.0 Å². The molecular formula is C11H17N3O. The molecule has 4 N–H and O–H groups in total. The summed E-state index contributed by atoms with van der Waals surface area (Å²) < 4.78 is 0. The lowest BCUT2D eigenvalue weighted by Crippen LogP contribution is -2.34. The quantitative estimate of drug-likeness (QED) is 0.689. The number of urea groups is 1. The van der Waals surface area contributed by atoms with Crippen LogP contribution in [0, 0.1) is 0 Å². The Morgan fingerprint density at radius 2 is 2.07 bits per heavy atom. The first-order valence-corrected chi connectivity index (χ1v) is 5.00. The van der Waals surface area contributed by atoms with Gasteiger partial charge in [0.05, 0.1) is 0 Å². The van der Waals surface area contributed by atoms with E-state index in [4.69, 9.17) is 5.73 Å². The van der Waals surface area contributed by atoms with Gasteiger partial charge in [-0.2, -0.15) is 0 Å². The number of nitrogens with two attached hydrogens (primary N) is 1. The van der Waals surface area contributed by atoms with E-state index in [1.165, 1.54) is 0 Å². The third kappa shape index (κ3) is 3.99. The number of amides is 2. The average molecular weight is 207 g/mol. The van der Waals surface area contributed by atoms with Gasteiger partial charge in [0, 0.05) is 19.6 Å². The fourth-order valence-corrected chi connectivity index (χ4v) is 1.30. The maximum Gasteiger partial charge on any atom is 0.314 e. The minimum atomic E-state index is -0.171. The normalized spacial score (nSPS) is 11.9. The molecule has 0 saturated carbocycles. The van der Waals surface area contributed by atoms with Crippen molar-refractivity contribution in [1.82, 2.24) is 10.6 Å². The summed E-state index contributed by atoms with van der Waals surface area (Å²) in [5.41, 5.74) is 7.04. The van der Waals surface area contributed by atoms with Crippen molar-refractivity contribution >= 4 is 6.03 Å². The van der Waals surface area contributed by atoms with Gasteiger partial charge in [0.15, 0.2) is 0 Å². The molecule has 0 bridgehead atoms. The summed E-state index contributed by atoms with van der Waals surface area (Å²) in [5, 5.41) is 5.19. The van der Waals surface area contributed by atoms with E-state index in [9.17, 15) is 4.79 Å². The van der Waals surface area contributed by atoms with Gasteiger partial charge in [-0.15, -0.1) is 0 Å². The van der Waals surface area contributed by atoms with E-state index in [1.807, 2.05) is 30.3 Å². The lowest BCUT2D eigenvalue weighted by Gasteiger charge is -2.12. The number of hydrogen-bond acceptors (Lipinski definition) is 2. The first-order chi connectivity index (χ1) is 7.24. The number of hydrogen-bond donors (Lipinski definition) is 3. The molecule has 4 nitrogen and oxygen atoms in total. The second kappa shape index (κ2) is 6.03. The number of nitrogens with one attached hydrogen (secondary N) is 2. The van der Waals surface area contributed by atoms with E-state index < -0.39 is 0 Å². The van der Waals surface area contributed by atoms with Crippen LogP contribution in [0.25, 0.3) is 0 Å². The van der Waals surface area contributed by atoms with Gasteiger partial charge in [-0.1, -0.05) is 30.3 Å². The average Bonchev–Trinajstić information content (AvgIpc) is 2.29. The zero-order chi connectivity index (χ0) is 11.1. The third-order valence-electron chi connectivity index (χ3n) is 2.20. The van der Waals surface area contributed by atoms with E-state index >= 15 is 0 Å². The SMILES string of the molecule is CNC(=O)NCCC(N)c1ccccc1. The fraction of sp³-hybridized carbons (Fsp3) is 0.364. The van der Waals surface area contributed by atoms with Crippen molar-refractivity contribution < 1.29 is 4.79 Å². The van der Waals surface area contributed by atoms with Crippen LogP contribution >= 0.6 is 0 Å². The maximum atomic E-state index is 10.9. The van der Waals surface area contributed by atoms with Crippen LogP contribution in [-0.2, 0) is 0 Å². The zero-order valence-corrected chi connectivity index (χ0v) is 8.86. The Hall–Kier alpha value is -1.55. The van der Waals surface area contributed by atoms with Crippen LogP contribution < -0.4 is 16.4 Å². The van der Waals surface area contributed by atoms with Crippen molar-refractivity contribution in [3.05, 3.63) is 35.9 Å². The van der Waals surface area contributed by atoms with Gasteiger partial charge in [0.2, 0.25) is 0 Å². The molecule has 4 heteroatoms. The molecule has 2 amide bonds. The zero-order valence-electron chi connectivity index (χ0n) is 8.86. The predicted octanol–water partition coefficient (Wildman–Crippen LogP) is 1.01. The van der Waals surface area contributed by atoms with Crippen molar-refractivity contribution in [3.63, 3.8) is 0 Å². The van der Waals surface area contributed by atoms with Gasteiger partial charge >= 0.3 is 6.03 Å². The Kier molecular flexibility index (Phi) is 4.63. The molecule has 0 fully saturated rings. The predicted molar refractivity (Wildman–Crippen MR) is 60.4 cm³/mol. The molecule has 0 heterocycles. The molecule has 0 aromatic heterocycles. The Labute approximate surface area is 89.9 Å². The van der Waals surface area contributed by atoms with E-state index in [1.54, 1.807) is 7.05 Å². The molecule has 1 aromatic rings. The van der Waals surface area contributed by atoms with Gasteiger partial charge < -0.3 is 16.4 Å². The molecule has 0 spiro atoms. The van der Waals surface area contributed by atoms with Gasteiger partial charge in [0.25, 0.3) is 0 Å². The summed E-state index contributed by atoms with van der Waals surface area (Å²) >= 11 is 0. The first kappa shape index (κ1) is 11.5. The molecule has 0 aliphatic heterocycles. The number of carbonyl (C=O) groups is 1. The molecule has 1 atom stereocenters. The van der Waals surface area contributed by atoms with Crippen LogP contribution in [-0.4, -0.2) is 19.6 Å². The summed E-state index contributed by atoms with van der Waals surface area (Å²) in [7, 11) is 1.59. The molecule has 0 radical (unpaired) electrons. The molecule has 1 unspecified atom stereocenters. The van der Waals surface area contributed by atoms with Gasteiger partial charge in [0.1, 0.15) is 0 Å². The van der Waals surface area contributed by atoms with Crippen LogP contribution in [0.4, 0.5) is 4.79 Å². The van der Waals surface area contributed by atoms with Gasteiger partial charge in [-0.3, -0.25) is 0 Å². The molecular weight excluding hydrogens is 190 g/mol. The lowest BCUT2D eigenvalue weighted by molar-refractivity contribution is 0.242. The Balaban J connectivity index is 2.31. The maximum absolute atomic E-state index is 10.9. The number of carbonyl (C=O) groups excluding carboxylic acids is 1. The standard InChI is InChI=1S/C11H17N3O/c1-13-11(15)14-8-7-10(12)9-5-3-2-4-6-9/h2-6,10H,7-8,12H2,1H3,(H2,13,14,15). The van der Waals surface area contributed by atoms with Crippen LogP contribution in [0.15, 0.2) is 30.3 Å². The van der Waals surface area contributed by atoms with Gasteiger partial charge in [-0.25, -0.2) is 4.79 Å². The van der Waals surface area contributed by atoms with Crippen LogP contribution in [0.2, 0.25) is 0 Å². The number of rotatable bonds is 4. The summed E-state index contributed by atoms with van der Waals surface area (Å²) in [6, 6.07) is 9.66. The second-order valence-electron chi connectivity index (χ2n) is 3.31. The molecule has 1 aromatic carbocycles. The van der Waals surface area contributed by atoms with E-state index in [0.29, 0.717) is 6.54 Å². The molecule has 15 heavy (non-hydrogen) atoms. The largest absolute Gasteiger partial charge is 0.341 e. The molecule has 0 saturated heterocycles. The summed E-state index contributed by atoms with van der Waals surface area (Å²) in [6.45, 7) is 0.579. The second-order valence-corrected chi connectivity index (χ2v) is 3.31. The summed E-state index contributed by atoms with van der Waals surface area (Å²) in [5.74, 6) is 0.